The van der Waals surface area contributed by atoms with Crippen molar-refractivity contribution in [3.63, 3.8) is 0 Å². The van der Waals surface area contributed by atoms with Crippen molar-refractivity contribution in [2.24, 2.45) is 4.99 Å². The highest BCUT2D eigenvalue weighted by Gasteiger charge is 2.27. The van der Waals surface area contributed by atoms with E-state index in [4.69, 9.17) is 9.41 Å². The molecular formula is C21H38IN5O3S. The Bertz CT molecular complexity index is 764. The van der Waals surface area contributed by atoms with E-state index in [2.05, 4.69) is 22.5 Å². The number of aliphatic imine (C=N–C) groups is 1. The van der Waals surface area contributed by atoms with Crippen molar-refractivity contribution in [1.82, 2.24) is 19.8 Å². The van der Waals surface area contributed by atoms with Crippen LogP contribution in [-0.4, -0.2) is 80.7 Å². The molecule has 0 bridgehead atoms. The number of likely N-dealkylation sites (N-methyl/N-ethyl adjacent to an activating group) is 1. The highest BCUT2D eigenvalue weighted by atomic mass is 127. The van der Waals surface area contributed by atoms with E-state index in [1.54, 1.807) is 17.5 Å². The first-order chi connectivity index (χ1) is 14.5. The van der Waals surface area contributed by atoms with Crippen LogP contribution in [0.4, 0.5) is 0 Å². The zero-order valence-electron chi connectivity index (χ0n) is 18.8. The summed E-state index contributed by atoms with van der Waals surface area (Å²) in [4.78, 5) is 7.39. The maximum absolute atomic E-state index is 12.1. The van der Waals surface area contributed by atoms with E-state index in [1.807, 2.05) is 12.1 Å². The second kappa shape index (κ2) is 13.0. The number of nitrogens with one attached hydrogen (secondary N) is 2. The van der Waals surface area contributed by atoms with Gasteiger partial charge >= 0.3 is 0 Å². The lowest BCUT2D eigenvalue weighted by Crippen LogP contribution is -2.50. The zero-order valence-corrected chi connectivity index (χ0v) is 21.9. The minimum absolute atomic E-state index is 0. The molecule has 31 heavy (non-hydrogen) atoms. The van der Waals surface area contributed by atoms with Gasteiger partial charge in [0.2, 0.25) is 10.0 Å². The van der Waals surface area contributed by atoms with Gasteiger partial charge in [-0.1, -0.05) is 6.92 Å². The molecule has 2 fully saturated rings. The number of guanidine groups is 1. The highest BCUT2D eigenvalue weighted by molar-refractivity contribution is 14.0. The lowest BCUT2D eigenvalue weighted by atomic mass is 10.1. The van der Waals surface area contributed by atoms with E-state index in [-0.39, 0.29) is 35.8 Å². The van der Waals surface area contributed by atoms with Gasteiger partial charge < -0.3 is 15.1 Å². The molecule has 2 aliphatic heterocycles. The van der Waals surface area contributed by atoms with Crippen molar-refractivity contribution in [3.05, 3.63) is 24.2 Å². The summed E-state index contributed by atoms with van der Waals surface area (Å²) in [6, 6.07) is 4.62. The summed E-state index contributed by atoms with van der Waals surface area (Å²) in [5.74, 6) is 1.94. The molecular weight excluding hydrogens is 529 g/mol. The van der Waals surface area contributed by atoms with Crippen LogP contribution in [-0.2, 0) is 16.4 Å². The molecule has 1 atom stereocenters. The van der Waals surface area contributed by atoms with Crippen molar-refractivity contribution in [1.29, 1.82) is 0 Å². The Morgan fingerprint density at radius 1 is 1.23 bits per heavy atom. The van der Waals surface area contributed by atoms with E-state index < -0.39 is 10.0 Å². The average molecular weight is 568 g/mol. The Hall–Kier alpha value is -0.850. The normalized spacial score (nSPS) is 21.7. The molecule has 0 aromatic carbocycles. The Kier molecular flexibility index (Phi) is 11.1. The van der Waals surface area contributed by atoms with Gasteiger partial charge in [-0.05, 0) is 57.8 Å². The third-order valence-corrected chi connectivity index (χ3v) is 8.04. The quantitative estimate of drug-likeness (QED) is 0.271. The first kappa shape index (κ1) is 26.4. The Balaban J connectivity index is 0.00000341. The first-order valence-corrected chi connectivity index (χ1v) is 12.9. The monoisotopic (exact) mass is 567 g/mol. The van der Waals surface area contributed by atoms with E-state index in [0.29, 0.717) is 19.1 Å². The van der Waals surface area contributed by atoms with Gasteiger partial charge in [-0.2, -0.15) is 0 Å². The summed E-state index contributed by atoms with van der Waals surface area (Å²) in [7, 11) is -3.10. The number of hydrogen-bond donors (Lipinski definition) is 2. The standard InChI is InChI=1S/C21H37N5O3S.HI/c1-3-25-13-5-7-19(25)17-23-21(22-12-9-20-8-6-16-29-20)24-18-10-14-26(15-11-18)30(27,28)4-2;/h6,8,16,18-19H,3-5,7,9-15,17H2,1-2H3,(H2,22,23,24);1H. The fourth-order valence-electron chi connectivity index (χ4n) is 4.28. The fourth-order valence-corrected chi connectivity index (χ4v) is 5.41. The predicted octanol–water partition coefficient (Wildman–Crippen LogP) is 2.27. The van der Waals surface area contributed by atoms with Gasteiger partial charge in [0.05, 0.1) is 18.6 Å². The Morgan fingerprint density at radius 3 is 2.65 bits per heavy atom. The van der Waals surface area contributed by atoms with Gasteiger partial charge in [-0.25, -0.2) is 12.7 Å². The summed E-state index contributed by atoms with van der Waals surface area (Å²) in [6.07, 6.45) is 6.52. The molecule has 8 nitrogen and oxygen atoms in total. The van der Waals surface area contributed by atoms with Crippen LogP contribution in [0.5, 0.6) is 0 Å². The molecule has 3 rings (SSSR count). The number of furan rings is 1. The average Bonchev–Trinajstić information content (AvgIpc) is 3.44. The number of piperidine rings is 1. The molecule has 2 aliphatic rings. The zero-order chi connectivity index (χ0) is 21.4. The number of sulfonamides is 1. The van der Waals surface area contributed by atoms with Gasteiger partial charge in [-0.15, -0.1) is 24.0 Å². The summed E-state index contributed by atoms with van der Waals surface area (Å²) < 4.78 is 31.2. The van der Waals surface area contributed by atoms with Crippen LogP contribution in [0, 0.1) is 0 Å². The molecule has 1 aromatic heterocycles. The maximum Gasteiger partial charge on any atom is 0.213 e. The predicted molar refractivity (Wildman–Crippen MR) is 136 cm³/mol. The molecule has 0 aliphatic carbocycles. The van der Waals surface area contributed by atoms with Crippen LogP contribution >= 0.6 is 24.0 Å². The smallest absolute Gasteiger partial charge is 0.213 e. The lowest BCUT2D eigenvalue weighted by Gasteiger charge is -2.32. The van der Waals surface area contributed by atoms with E-state index >= 15 is 0 Å². The highest BCUT2D eigenvalue weighted by Crippen LogP contribution is 2.17. The SMILES string of the molecule is CCN1CCCC1CN=C(NCCc1ccco1)NC1CCN(S(=O)(=O)CC)CC1.I. The van der Waals surface area contributed by atoms with Crippen molar-refractivity contribution >= 4 is 40.0 Å². The molecule has 2 saturated heterocycles. The van der Waals surface area contributed by atoms with Gasteiger partial charge in [0.15, 0.2) is 5.96 Å². The molecule has 3 heterocycles. The van der Waals surface area contributed by atoms with Crippen LogP contribution in [0.2, 0.25) is 0 Å². The fraction of sp³-hybridized carbons (Fsp3) is 0.762. The molecule has 2 N–H and O–H groups in total. The summed E-state index contributed by atoms with van der Waals surface area (Å²) in [5, 5.41) is 6.99. The third kappa shape index (κ3) is 7.90. The van der Waals surface area contributed by atoms with Gasteiger partial charge in [0.25, 0.3) is 0 Å². The van der Waals surface area contributed by atoms with Crippen molar-refractivity contribution < 1.29 is 12.8 Å². The first-order valence-electron chi connectivity index (χ1n) is 11.3. The second-order valence-corrected chi connectivity index (χ2v) is 10.3. The largest absolute Gasteiger partial charge is 0.469 e. The van der Waals surface area contributed by atoms with Crippen LogP contribution in [0.3, 0.4) is 0 Å². The molecule has 178 valence electrons. The summed E-state index contributed by atoms with van der Waals surface area (Å²) in [6.45, 7) is 8.81. The minimum atomic E-state index is -3.10. The minimum Gasteiger partial charge on any atom is -0.469 e. The van der Waals surface area contributed by atoms with Crippen molar-refractivity contribution in [2.75, 3.05) is 45.0 Å². The number of halogens is 1. The third-order valence-electron chi connectivity index (χ3n) is 6.16. The molecule has 1 aromatic rings. The molecule has 1 unspecified atom stereocenters. The molecule has 0 radical (unpaired) electrons. The van der Waals surface area contributed by atoms with Crippen LogP contribution in [0.1, 0.15) is 45.3 Å². The van der Waals surface area contributed by atoms with Crippen LogP contribution in [0.15, 0.2) is 27.8 Å². The Morgan fingerprint density at radius 2 is 2.00 bits per heavy atom. The molecule has 10 heteroatoms. The van der Waals surface area contributed by atoms with Gasteiger partial charge in [-0.3, -0.25) is 9.89 Å². The maximum atomic E-state index is 12.1. The van der Waals surface area contributed by atoms with Crippen LogP contribution in [0.25, 0.3) is 0 Å². The topological polar surface area (TPSA) is 90.2 Å². The van der Waals surface area contributed by atoms with Crippen molar-refractivity contribution in [3.8, 4) is 0 Å². The number of hydrogen-bond acceptors (Lipinski definition) is 5. The number of rotatable bonds is 9. The summed E-state index contributed by atoms with van der Waals surface area (Å²) >= 11 is 0. The number of nitrogens with zero attached hydrogens (tertiary/aromatic N) is 3. The van der Waals surface area contributed by atoms with E-state index in [0.717, 1.165) is 57.2 Å². The van der Waals surface area contributed by atoms with Gasteiger partial charge in [0.1, 0.15) is 5.76 Å². The molecule has 0 spiro atoms. The molecule has 0 amide bonds. The van der Waals surface area contributed by atoms with Gasteiger partial charge in [0, 0.05) is 38.1 Å². The van der Waals surface area contributed by atoms with E-state index in [1.165, 1.54) is 12.8 Å². The summed E-state index contributed by atoms with van der Waals surface area (Å²) in [5.41, 5.74) is 0. The second-order valence-electron chi connectivity index (χ2n) is 8.09. The lowest BCUT2D eigenvalue weighted by molar-refractivity contribution is 0.272. The van der Waals surface area contributed by atoms with Crippen LogP contribution < -0.4 is 10.6 Å². The Labute approximate surface area is 204 Å². The van der Waals surface area contributed by atoms with E-state index in [9.17, 15) is 8.42 Å². The molecule has 0 saturated carbocycles. The number of likely N-dealkylation sites (tertiary alicyclic amines) is 1. The van der Waals surface area contributed by atoms with Crippen molar-refractivity contribution in [2.45, 2.75) is 58.0 Å².